The first-order valence-electron chi connectivity index (χ1n) is 8.66. The van der Waals surface area contributed by atoms with Crippen LogP contribution in [-0.4, -0.2) is 30.3 Å². The van der Waals surface area contributed by atoms with Crippen LogP contribution in [0.25, 0.3) is 0 Å². The van der Waals surface area contributed by atoms with Crippen LogP contribution in [0, 0.1) is 0 Å². The second-order valence-corrected chi connectivity index (χ2v) is 6.82. The maximum Gasteiger partial charge on any atom is 0.251 e. The number of hydrogen-bond donors (Lipinski definition) is 2. The van der Waals surface area contributed by atoms with E-state index < -0.39 is 6.04 Å². The van der Waals surface area contributed by atoms with E-state index in [2.05, 4.69) is 10.6 Å². The molecule has 0 unspecified atom stereocenters. The molecule has 2 aromatic rings. The van der Waals surface area contributed by atoms with Crippen LogP contribution in [0.4, 0.5) is 11.4 Å². The molecule has 0 radical (unpaired) electrons. The topological polar surface area (TPSA) is 78.5 Å². The third-order valence-corrected chi connectivity index (χ3v) is 4.52. The SMILES string of the molecule is CC(=O)Nc1ccc(N2C(=O)C[C@@H](NCCc3cccc(Cl)c3)C2=O)cc1. The van der Waals surface area contributed by atoms with Crippen molar-refractivity contribution >= 4 is 40.7 Å². The summed E-state index contributed by atoms with van der Waals surface area (Å²) in [5.74, 6) is -0.689. The summed E-state index contributed by atoms with van der Waals surface area (Å²) in [6.07, 6.45) is 0.839. The van der Waals surface area contributed by atoms with Gasteiger partial charge in [0.15, 0.2) is 0 Å². The van der Waals surface area contributed by atoms with E-state index in [4.69, 9.17) is 11.6 Å². The number of imide groups is 1. The van der Waals surface area contributed by atoms with Crippen LogP contribution >= 0.6 is 11.6 Å². The Morgan fingerprint density at radius 2 is 1.93 bits per heavy atom. The van der Waals surface area contributed by atoms with Gasteiger partial charge in [-0.15, -0.1) is 0 Å². The Labute approximate surface area is 162 Å². The van der Waals surface area contributed by atoms with Gasteiger partial charge in [0, 0.05) is 17.6 Å². The van der Waals surface area contributed by atoms with Crippen molar-refractivity contribution in [2.45, 2.75) is 25.8 Å². The third kappa shape index (κ3) is 4.72. The predicted molar refractivity (Wildman–Crippen MR) is 105 cm³/mol. The van der Waals surface area contributed by atoms with Crippen LogP contribution in [0.5, 0.6) is 0 Å². The molecule has 0 aromatic heterocycles. The van der Waals surface area contributed by atoms with E-state index in [9.17, 15) is 14.4 Å². The van der Waals surface area contributed by atoms with Crippen molar-refractivity contribution in [3.05, 3.63) is 59.1 Å². The van der Waals surface area contributed by atoms with E-state index in [0.29, 0.717) is 29.4 Å². The highest BCUT2D eigenvalue weighted by Gasteiger charge is 2.39. The number of nitrogens with zero attached hydrogens (tertiary/aromatic N) is 1. The molecule has 3 amide bonds. The molecule has 0 aliphatic carbocycles. The molecule has 7 heteroatoms. The highest BCUT2D eigenvalue weighted by molar-refractivity contribution is 6.30. The molecule has 1 aliphatic heterocycles. The van der Waals surface area contributed by atoms with Crippen molar-refractivity contribution in [2.75, 3.05) is 16.8 Å². The Kier molecular flexibility index (Phi) is 5.88. The summed E-state index contributed by atoms with van der Waals surface area (Å²) in [4.78, 5) is 37.2. The van der Waals surface area contributed by atoms with Crippen molar-refractivity contribution in [2.24, 2.45) is 0 Å². The fourth-order valence-corrected chi connectivity index (χ4v) is 3.26. The molecule has 0 spiro atoms. The number of carbonyl (C=O) groups excluding carboxylic acids is 3. The van der Waals surface area contributed by atoms with Gasteiger partial charge in [0.25, 0.3) is 5.91 Å². The number of benzene rings is 2. The van der Waals surface area contributed by atoms with E-state index in [1.165, 1.54) is 11.8 Å². The first-order valence-corrected chi connectivity index (χ1v) is 9.04. The van der Waals surface area contributed by atoms with Gasteiger partial charge in [0.2, 0.25) is 11.8 Å². The second kappa shape index (κ2) is 8.33. The number of carbonyl (C=O) groups is 3. The Morgan fingerprint density at radius 3 is 2.59 bits per heavy atom. The van der Waals surface area contributed by atoms with Crippen LogP contribution in [0.2, 0.25) is 5.02 Å². The van der Waals surface area contributed by atoms with Crippen molar-refractivity contribution in [3.63, 3.8) is 0 Å². The fourth-order valence-electron chi connectivity index (χ4n) is 3.04. The number of anilines is 2. The van der Waals surface area contributed by atoms with Gasteiger partial charge in [-0.25, -0.2) is 4.90 Å². The first-order chi connectivity index (χ1) is 12.9. The highest BCUT2D eigenvalue weighted by atomic mass is 35.5. The molecular formula is C20H20ClN3O3. The molecule has 0 saturated carbocycles. The normalized spacial score (nSPS) is 16.7. The highest BCUT2D eigenvalue weighted by Crippen LogP contribution is 2.24. The average Bonchev–Trinajstić information content (AvgIpc) is 2.89. The number of rotatable bonds is 6. The Hall–Kier alpha value is -2.70. The molecule has 1 fully saturated rings. The van der Waals surface area contributed by atoms with Gasteiger partial charge in [-0.3, -0.25) is 14.4 Å². The van der Waals surface area contributed by atoms with Gasteiger partial charge < -0.3 is 10.6 Å². The molecule has 1 heterocycles. The van der Waals surface area contributed by atoms with Crippen LogP contribution < -0.4 is 15.5 Å². The summed E-state index contributed by atoms with van der Waals surface area (Å²) in [5, 5.41) is 6.48. The van der Waals surface area contributed by atoms with Crippen LogP contribution in [0.1, 0.15) is 18.9 Å². The molecule has 1 saturated heterocycles. The van der Waals surface area contributed by atoms with Gasteiger partial charge in [-0.1, -0.05) is 23.7 Å². The Morgan fingerprint density at radius 1 is 1.19 bits per heavy atom. The van der Waals surface area contributed by atoms with E-state index in [1.54, 1.807) is 24.3 Å². The predicted octanol–water partition coefficient (Wildman–Crippen LogP) is 2.76. The monoisotopic (exact) mass is 385 g/mol. The van der Waals surface area contributed by atoms with Crippen molar-refractivity contribution < 1.29 is 14.4 Å². The summed E-state index contributed by atoms with van der Waals surface area (Å²) in [6, 6.07) is 13.6. The Balaban J connectivity index is 1.60. The quantitative estimate of drug-likeness (QED) is 0.749. The smallest absolute Gasteiger partial charge is 0.251 e. The first kappa shape index (κ1) is 19.1. The van der Waals surface area contributed by atoms with Gasteiger partial charge in [0.1, 0.15) is 0 Å². The minimum Gasteiger partial charge on any atom is -0.326 e. The summed E-state index contributed by atoms with van der Waals surface area (Å²) < 4.78 is 0. The molecule has 6 nitrogen and oxygen atoms in total. The van der Waals surface area contributed by atoms with Gasteiger partial charge in [0.05, 0.1) is 18.2 Å². The zero-order valence-electron chi connectivity index (χ0n) is 14.9. The molecule has 3 rings (SSSR count). The Bertz CT molecular complexity index is 867. The average molecular weight is 386 g/mol. The van der Waals surface area contributed by atoms with E-state index in [1.807, 2.05) is 24.3 Å². The molecular weight excluding hydrogens is 366 g/mol. The summed E-state index contributed by atoms with van der Waals surface area (Å²) in [6.45, 7) is 1.99. The molecule has 2 N–H and O–H groups in total. The zero-order valence-corrected chi connectivity index (χ0v) is 15.6. The molecule has 1 aliphatic rings. The standard InChI is InChI=1S/C20H20ClN3O3/c1-13(25)23-16-5-7-17(8-6-16)24-19(26)12-18(20(24)27)22-10-9-14-3-2-4-15(21)11-14/h2-8,11,18,22H,9-10,12H2,1H3,(H,23,25)/t18-/m1/s1. The summed E-state index contributed by atoms with van der Waals surface area (Å²) in [7, 11) is 0. The molecule has 1 atom stereocenters. The number of halogens is 1. The largest absolute Gasteiger partial charge is 0.326 e. The van der Waals surface area contributed by atoms with Crippen LogP contribution in [-0.2, 0) is 20.8 Å². The van der Waals surface area contributed by atoms with E-state index in [-0.39, 0.29) is 24.1 Å². The lowest BCUT2D eigenvalue weighted by molar-refractivity contribution is -0.121. The minimum atomic E-state index is -0.535. The van der Waals surface area contributed by atoms with Crippen molar-refractivity contribution in [1.29, 1.82) is 0 Å². The lowest BCUT2D eigenvalue weighted by Crippen LogP contribution is -2.39. The lowest BCUT2D eigenvalue weighted by Gasteiger charge is -2.16. The van der Waals surface area contributed by atoms with Gasteiger partial charge in [-0.05, 0) is 54.9 Å². The molecule has 0 bridgehead atoms. The van der Waals surface area contributed by atoms with Crippen LogP contribution in [0.15, 0.2) is 48.5 Å². The van der Waals surface area contributed by atoms with Crippen molar-refractivity contribution in [1.82, 2.24) is 5.32 Å². The lowest BCUT2D eigenvalue weighted by atomic mass is 10.1. The van der Waals surface area contributed by atoms with Gasteiger partial charge in [-0.2, -0.15) is 0 Å². The van der Waals surface area contributed by atoms with E-state index in [0.717, 1.165) is 5.56 Å². The summed E-state index contributed by atoms with van der Waals surface area (Å²) in [5.41, 5.74) is 2.18. The van der Waals surface area contributed by atoms with Crippen LogP contribution in [0.3, 0.4) is 0 Å². The number of hydrogen-bond acceptors (Lipinski definition) is 4. The molecule has 140 valence electrons. The van der Waals surface area contributed by atoms with E-state index >= 15 is 0 Å². The zero-order chi connectivity index (χ0) is 19.4. The second-order valence-electron chi connectivity index (χ2n) is 6.39. The molecule has 27 heavy (non-hydrogen) atoms. The minimum absolute atomic E-state index is 0.127. The maximum absolute atomic E-state index is 12.6. The number of nitrogens with one attached hydrogen (secondary N) is 2. The third-order valence-electron chi connectivity index (χ3n) is 4.29. The van der Waals surface area contributed by atoms with Crippen molar-refractivity contribution in [3.8, 4) is 0 Å². The maximum atomic E-state index is 12.6. The fraction of sp³-hybridized carbons (Fsp3) is 0.250. The van der Waals surface area contributed by atoms with Gasteiger partial charge >= 0.3 is 0 Å². The molecule has 2 aromatic carbocycles. The number of amides is 3. The summed E-state index contributed by atoms with van der Waals surface area (Å²) >= 11 is 5.97.